The van der Waals surface area contributed by atoms with Gasteiger partial charge in [0, 0.05) is 18.4 Å². The lowest BCUT2D eigenvalue weighted by molar-refractivity contribution is -0.157. The summed E-state index contributed by atoms with van der Waals surface area (Å²) in [5.74, 6) is -3.27. The van der Waals surface area contributed by atoms with Crippen molar-refractivity contribution in [3.8, 4) is 0 Å². The second-order valence-electron chi connectivity index (χ2n) is 8.35. The molecule has 0 aliphatic carbocycles. The molecule has 6 nitrogen and oxygen atoms in total. The molecule has 0 aromatic heterocycles. The molecule has 0 aliphatic rings. The number of carbonyl (C=O) groups excluding carboxylic acids is 1. The van der Waals surface area contributed by atoms with Crippen molar-refractivity contribution >= 4 is 17.8 Å². The van der Waals surface area contributed by atoms with Crippen molar-refractivity contribution in [1.82, 2.24) is 4.90 Å². The minimum absolute atomic E-state index is 0.126. The first-order valence-electron chi connectivity index (χ1n) is 9.25. The van der Waals surface area contributed by atoms with E-state index in [0.717, 1.165) is 5.56 Å². The van der Waals surface area contributed by atoms with Crippen LogP contribution in [0.2, 0.25) is 0 Å². The number of amides is 1. The van der Waals surface area contributed by atoms with Gasteiger partial charge in [0.05, 0.1) is 5.92 Å². The summed E-state index contributed by atoms with van der Waals surface area (Å²) in [6.45, 7) is 9.10. The second kappa shape index (κ2) is 9.53. The largest absolute Gasteiger partial charge is 0.481 e. The maximum Gasteiger partial charge on any atom is 0.326 e. The molecular formula is C21H31NO5. The van der Waals surface area contributed by atoms with Crippen LogP contribution in [0.3, 0.4) is 0 Å². The van der Waals surface area contributed by atoms with Gasteiger partial charge in [0.1, 0.15) is 6.04 Å². The maximum atomic E-state index is 13.0. The Kier molecular flexibility index (Phi) is 8.00. The highest BCUT2D eigenvalue weighted by Gasteiger charge is 2.38. The van der Waals surface area contributed by atoms with Crippen LogP contribution in [0.1, 0.15) is 53.0 Å². The summed E-state index contributed by atoms with van der Waals surface area (Å²) in [4.78, 5) is 37.9. The third kappa shape index (κ3) is 7.04. The van der Waals surface area contributed by atoms with Gasteiger partial charge in [-0.25, -0.2) is 4.79 Å². The molecule has 150 valence electrons. The van der Waals surface area contributed by atoms with Gasteiger partial charge in [0.2, 0.25) is 5.91 Å². The molecule has 0 unspecified atom stereocenters. The number of aliphatic carboxylic acids is 2. The predicted molar refractivity (Wildman–Crippen MR) is 103 cm³/mol. The van der Waals surface area contributed by atoms with E-state index >= 15 is 0 Å². The van der Waals surface area contributed by atoms with E-state index in [4.69, 9.17) is 0 Å². The van der Waals surface area contributed by atoms with Gasteiger partial charge in [-0.1, -0.05) is 44.2 Å². The van der Waals surface area contributed by atoms with Crippen LogP contribution < -0.4 is 0 Å². The lowest BCUT2D eigenvalue weighted by Crippen LogP contribution is -2.56. The molecule has 0 radical (unpaired) electrons. The topological polar surface area (TPSA) is 94.9 Å². The fraction of sp³-hybridized carbons (Fsp3) is 0.571. The van der Waals surface area contributed by atoms with Crippen molar-refractivity contribution in [1.29, 1.82) is 0 Å². The fourth-order valence-corrected chi connectivity index (χ4v) is 3.29. The van der Waals surface area contributed by atoms with Crippen molar-refractivity contribution in [3.63, 3.8) is 0 Å². The summed E-state index contributed by atoms with van der Waals surface area (Å²) in [5, 5.41) is 19.2. The SMILES string of the molecule is CC(C)C[C@H](CC(=O)N([C@@H](Cc1ccccc1)C(=O)O)C(C)(C)C)C(=O)O. The summed E-state index contributed by atoms with van der Waals surface area (Å²) in [7, 11) is 0. The number of rotatable bonds is 9. The molecule has 1 aromatic rings. The second-order valence-corrected chi connectivity index (χ2v) is 8.35. The molecule has 0 bridgehead atoms. The van der Waals surface area contributed by atoms with Crippen molar-refractivity contribution < 1.29 is 24.6 Å². The van der Waals surface area contributed by atoms with Crippen LogP contribution in [0.5, 0.6) is 0 Å². The summed E-state index contributed by atoms with van der Waals surface area (Å²) in [6.07, 6.45) is 0.333. The number of hydrogen-bond donors (Lipinski definition) is 2. The highest BCUT2D eigenvalue weighted by Crippen LogP contribution is 2.25. The summed E-state index contributed by atoms with van der Waals surface area (Å²) in [5.41, 5.74) is 0.0550. The van der Waals surface area contributed by atoms with E-state index in [9.17, 15) is 24.6 Å². The van der Waals surface area contributed by atoms with Gasteiger partial charge in [-0.2, -0.15) is 0 Å². The van der Waals surface area contributed by atoms with Crippen LogP contribution in [0.4, 0.5) is 0 Å². The van der Waals surface area contributed by atoms with E-state index in [1.807, 2.05) is 44.2 Å². The fourth-order valence-electron chi connectivity index (χ4n) is 3.29. The Morgan fingerprint density at radius 1 is 1.00 bits per heavy atom. The highest BCUT2D eigenvalue weighted by molar-refractivity contribution is 5.87. The van der Waals surface area contributed by atoms with Crippen LogP contribution in [-0.2, 0) is 20.8 Å². The minimum atomic E-state index is -1.10. The van der Waals surface area contributed by atoms with Crippen molar-refractivity contribution in [2.45, 2.75) is 65.5 Å². The number of benzene rings is 1. The molecule has 0 fully saturated rings. The smallest absolute Gasteiger partial charge is 0.326 e. The molecule has 0 aliphatic heterocycles. The number of nitrogens with zero attached hydrogens (tertiary/aromatic N) is 1. The van der Waals surface area contributed by atoms with Gasteiger partial charge in [0.25, 0.3) is 0 Å². The van der Waals surface area contributed by atoms with Gasteiger partial charge >= 0.3 is 11.9 Å². The predicted octanol–water partition coefficient (Wildman–Crippen LogP) is 3.45. The van der Waals surface area contributed by atoms with E-state index in [-0.39, 0.29) is 18.8 Å². The number of hydrogen-bond acceptors (Lipinski definition) is 3. The van der Waals surface area contributed by atoms with Gasteiger partial charge in [-0.15, -0.1) is 0 Å². The molecule has 0 saturated heterocycles. The first kappa shape index (κ1) is 22.7. The Bertz CT molecular complexity index is 648. The molecular weight excluding hydrogens is 346 g/mol. The number of carboxylic acids is 2. The molecule has 0 heterocycles. The zero-order valence-electron chi connectivity index (χ0n) is 16.8. The molecule has 2 atom stereocenters. The third-order valence-electron chi connectivity index (χ3n) is 4.39. The van der Waals surface area contributed by atoms with Gasteiger partial charge in [-0.05, 0) is 38.7 Å². The molecule has 2 N–H and O–H groups in total. The minimum Gasteiger partial charge on any atom is -0.481 e. The highest BCUT2D eigenvalue weighted by atomic mass is 16.4. The van der Waals surface area contributed by atoms with Crippen molar-refractivity contribution in [3.05, 3.63) is 35.9 Å². The molecule has 6 heteroatoms. The van der Waals surface area contributed by atoms with Crippen LogP contribution >= 0.6 is 0 Å². The molecule has 27 heavy (non-hydrogen) atoms. The van der Waals surface area contributed by atoms with Gasteiger partial charge < -0.3 is 15.1 Å². The van der Waals surface area contributed by atoms with Crippen molar-refractivity contribution in [2.75, 3.05) is 0 Å². The summed E-state index contributed by atoms with van der Waals surface area (Å²) in [6, 6.07) is 8.06. The molecule has 0 spiro atoms. The Hall–Kier alpha value is -2.37. The maximum absolute atomic E-state index is 13.0. The Labute approximate surface area is 161 Å². The molecule has 1 rings (SSSR count). The van der Waals surface area contributed by atoms with Crippen molar-refractivity contribution in [2.24, 2.45) is 11.8 Å². The van der Waals surface area contributed by atoms with E-state index < -0.39 is 35.3 Å². The zero-order valence-corrected chi connectivity index (χ0v) is 16.8. The summed E-state index contributed by atoms with van der Waals surface area (Å²) >= 11 is 0. The number of carbonyl (C=O) groups is 3. The van der Waals surface area contributed by atoms with Gasteiger partial charge in [-0.3, -0.25) is 9.59 Å². The zero-order chi connectivity index (χ0) is 20.8. The van der Waals surface area contributed by atoms with Crippen LogP contribution in [0.15, 0.2) is 30.3 Å². The standard InChI is InChI=1S/C21H31NO5/c1-14(2)11-16(19(24)25)13-18(23)22(21(3,4)5)17(20(26)27)12-15-9-7-6-8-10-15/h6-10,14,16-17H,11-13H2,1-5H3,(H,24,25)(H,26,27)/t16-,17+/m1/s1. The average molecular weight is 377 g/mol. The van der Waals surface area contributed by atoms with E-state index in [0.29, 0.717) is 6.42 Å². The third-order valence-corrected chi connectivity index (χ3v) is 4.39. The molecule has 1 aromatic carbocycles. The van der Waals surface area contributed by atoms with Gasteiger partial charge in [0.15, 0.2) is 0 Å². The molecule has 0 saturated carbocycles. The van der Waals surface area contributed by atoms with E-state index in [2.05, 4.69) is 0 Å². The van der Waals surface area contributed by atoms with E-state index in [1.165, 1.54) is 4.90 Å². The summed E-state index contributed by atoms with van der Waals surface area (Å²) < 4.78 is 0. The average Bonchev–Trinajstić information content (AvgIpc) is 2.52. The number of carboxylic acid groups (broad SMARTS) is 2. The molecule has 1 amide bonds. The van der Waals surface area contributed by atoms with Crippen LogP contribution in [0.25, 0.3) is 0 Å². The first-order chi connectivity index (χ1) is 12.4. The Morgan fingerprint density at radius 3 is 1.96 bits per heavy atom. The Balaban J connectivity index is 3.15. The monoisotopic (exact) mass is 377 g/mol. The lowest BCUT2D eigenvalue weighted by Gasteiger charge is -2.40. The Morgan fingerprint density at radius 2 is 1.56 bits per heavy atom. The normalized spacial score (nSPS) is 13.9. The van der Waals surface area contributed by atoms with Crippen LogP contribution in [-0.4, -0.2) is 44.5 Å². The van der Waals surface area contributed by atoms with E-state index in [1.54, 1.807) is 20.8 Å². The van der Waals surface area contributed by atoms with Crippen LogP contribution in [0, 0.1) is 11.8 Å². The quantitative estimate of drug-likeness (QED) is 0.687. The first-order valence-corrected chi connectivity index (χ1v) is 9.25. The lowest BCUT2D eigenvalue weighted by atomic mass is 9.91.